The first-order chi connectivity index (χ1) is 10.4. The Labute approximate surface area is 124 Å². The quantitative estimate of drug-likeness (QED) is 0.916. The van der Waals surface area contributed by atoms with Gasteiger partial charge in [0.1, 0.15) is 5.75 Å². The first-order valence-electron chi connectivity index (χ1n) is 7.64. The van der Waals surface area contributed by atoms with Crippen molar-refractivity contribution in [2.75, 3.05) is 19.7 Å². The molecule has 0 radical (unpaired) electrons. The molecule has 1 aromatic carbocycles. The van der Waals surface area contributed by atoms with E-state index in [0.29, 0.717) is 11.7 Å². The molecule has 3 rings (SSSR count). The lowest BCUT2D eigenvalue weighted by atomic mass is 10.00. The minimum atomic E-state index is 0.340. The molecule has 2 aromatic rings. The predicted octanol–water partition coefficient (Wildman–Crippen LogP) is 2.99. The molecule has 0 bridgehead atoms. The summed E-state index contributed by atoms with van der Waals surface area (Å²) in [5, 5.41) is 7.46. The minimum Gasteiger partial charge on any atom is -0.494 e. The van der Waals surface area contributed by atoms with E-state index in [2.05, 4.69) is 22.4 Å². The average Bonchev–Trinajstić information content (AvgIpc) is 3.04. The average molecular weight is 287 g/mol. The molecule has 1 aliphatic heterocycles. The van der Waals surface area contributed by atoms with Crippen LogP contribution < -0.4 is 10.1 Å². The molecule has 112 valence electrons. The van der Waals surface area contributed by atoms with Crippen molar-refractivity contribution in [3.05, 3.63) is 30.2 Å². The second-order valence-corrected chi connectivity index (χ2v) is 5.37. The third-order valence-electron chi connectivity index (χ3n) is 3.67. The Balaban J connectivity index is 1.70. The molecule has 0 spiro atoms. The molecular formula is C16H21N3O2. The van der Waals surface area contributed by atoms with Crippen LogP contribution in [0, 0.1) is 0 Å². The van der Waals surface area contributed by atoms with Gasteiger partial charge in [-0.05, 0) is 50.1 Å². The molecule has 0 saturated carbocycles. The molecule has 0 aliphatic carbocycles. The lowest BCUT2D eigenvalue weighted by molar-refractivity contribution is 0.317. The van der Waals surface area contributed by atoms with Crippen LogP contribution in [-0.2, 0) is 0 Å². The summed E-state index contributed by atoms with van der Waals surface area (Å²) < 4.78 is 11.0. The van der Waals surface area contributed by atoms with Crippen LogP contribution in [0.15, 0.2) is 28.8 Å². The number of nitrogens with zero attached hydrogens (tertiary/aromatic N) is 2. The van der Waals surface area contributed by atoms with Crippen molar-refractivity contribution >= 4 is 0 Å². The molecule has 1 N–H and O–H groups in total. The SMILES string of the molecule is CCCOc1ccc(-c2noc([C@@H]3CCCNC3)n2)cc1. The standard InChI is InChI=1S/C16H21N3O2/c1-2-10-20-14-7-5-12(6-8-14)15-18-16(21-19-15)13-4-3-9-17-11-13/h5-8,13,17H,2-4,9-11H2,1H3/t13-/m1/s1. The lowest BCUT2D eigenvalue weighted by Crippen LogP contribution is -2.28. The molecular weight excluding hydrogens is 266 g/mol. The highest BCUT2D eigenvalue weighted by Crippen LogP contribution is 2.25. The molecule has 1 aliphatic rings. The van der Waals surface area contributed by atoms with Crippen LogP contribution in [0.3, 0.4) is 0 Å². The molecule has 21 heavy (non-hydrogen) atoms. The Morgan fingerprint density at radius 2 is 2.19 bits per heavy atom. The van der Waals surface area contributed by atoms with E-state index in [1.54, 1.807) is 0 Å². The number of hydrogen-bond acceptors (Lipinski definition) is 5. The summed E-state index contributed by atoms with van der Waals surface area (Å²) >= 11 is 0. The number of aromatic nitrogens is 2. The van der Waals surface area contributed by atoms with Gasteiger partial charge in [-0.2, -0.15) is 4.98 Å². The van der Waals surface area contributed by atoms with Crippen molar-refractivity contribution in [3.63, 3.8) is 0 Å². The third-order valence-corrected chi connectivity index (χ3v) is 3.67. The summed E-state index contributed by atoms with van der Waals surface area (Å²) in [6.07, 6.45) is 3.27. The zero-order valence-corrected chi connectivity index (χ0v) is 12.3. The molecule has 1 fully saturated rings. The second-order valence-electron chi connectivity index (χ2n) is 5.37. The number of ether oxygens (including phenoxy) is 1. The highest BCUT2D eigenvalue weighted by atomic mass is 16.5. The second kappa shape index (κ2) is 6.72. The predicted molar refractivity (Wildman–Crippen MR) is 80.4 cm³/mol. The van der Waals surface area contributed by atoms with Gasteiger partial charge in [-0.25, -0.2) is 0 Å². The maximum Gasteiger partial charge on any atom is 0.231 e. The maximum absolute atomic E-state index is 5.57. The molecule has 1 saturated heterocycles. The third kappa shape index (κ3) is 3.42. The maximum atomic E-state index is 5.57. The number of benzene rings is 1. The van der Waals surface area contributed by atoms with E-state index in [4.69, 9.17) is 9.26 Å². The molecule has 5 nitrogen and oxygen atoms in total. The molecule has 5 heteroatoms. The van der Waals surface area contributed by atoms with Gasteiger partial charge in [0.15, 0.2) is 0 Å². The van der Waals surface area contributed by atoms with Crippen molar-refractivity contribution in [1.82, 2.24) is 15.5 Å². The van der Waals surface area contributed by atoms with Crippen molar-refractivity contribution in [2.45, 2.75) is 32.1 Å². The normalized spacial score (nSPS) is 18.6. The minimum absolute atomic E-state index is 0.340. The van der Waals surface area contributed by atoms with Crippen LogP contribution >= 0.6 is 0 Å². The van der Waals surface area contributed by atoms with Crippen LogP contribution in [-0.4, -0.2) is 29.8 Å². The van der Waals surface area contributed by atoms with Gasteiger partial charge in [0.25, 0.3) is 0 Å². The van der Waals surface area contributed by atoms with Gasteiger partial charge < -0.3 is 14.6 Å². The summed E-state index contributed by atoms with van der Waals surface area (Å²) in [4.78, 5) is 4.54. The Bertz CT molecular complexity index is 559. The Hall–Kier alpha value is -1.88. The summed E-state index contributed by atoms with van der Waals surface area (Å²) in [7, 11) is 0. The lowest BCUT2D eigenvalue weighted by Gasteiger charge is -2.18. The first kappa shape index (κ1) is 14.1. The zero-order valence-electron chi connectivity index (χ0n) is 12.3. The van der Waals surface area contributed by atoms with Crippen LogP contribution in [0.25, 0.3) is 11.4 Å². The fourth-order valence-corrected chi connectivity index (χ4v) is 2.50. The van der Waals surface area contributed by atoms with Gasteiger partial charge in [-0.1, -0.05) is 12.1 Å². The van der Waals surface area contributed by atoms with Crippen molar-refractivity contribution in [3.8, 4) is 17.1 Å². The topological polar surface area (TPSA) is 60.2 Å². The van der Waals surface area contributed by atoms with Crippen LogP contribution in [0.5, 0.6) is 5.75 Å². The molecule has 0 amide bonds. The largest absolute Gasteiger partial charge is 0.494 e. The highest BCUT2D eigenvalue weighted by Gasteiger charge is 2.21. The fraction of sp³-hybridized carbons (Fsp3) is 0.500. The summed E-state index contributed by atoms with van der Waals surface area (Å²) in [5.74, 6) is 2.61. The van der Waals surface area contributed by atoms with E-state index < -0.39 is 0 Å². The van der Waals surface area contributed by atoms with E-state index in [0.717, 1.165) is 56.2 Å². The van der Waals surface area contributed by atoms with Gasteiger partial charge in [0.2, 0.25) is 11.7 Å². The van der Waals surface area contributed by atoms with Crippen molar-refractivity contribution < 1.29 is 9.26 Å². The smallest absolute Gasteiger partial charge is 0.231 e. The first-order valence-corrected chi connectivity index (χ1v) is 7.64. The van der Waals surface area contributed by atoms with E-state index in [-0.39, 0.29) is 0 Å². The molecule has 2 heterocycles. The summed E-state index contributed by atoms with van der Waals surface area (Å²) in [6, 6.07) is 7.84. The summed E-state index contributed by atoms with van der Waals surface area (Å²) in [5.41, 5.74) is 0.956. The Kier molecular flexibility index (Phi) is 4.50. The van der Waals surface area contributed by atoms with Gasteiger partial charge in [-0.3, -0.25) is 0 Å². The monoisotopic (exact) mass is 287 g/mol. The highest BCUT2D eigenvalue weighted by molar-refractivity contribution is 5.55. The molecule has 1 atom stereocenters. The number of hydrogen-bond donors (Lipinski definition) is 1. The molecule has 1 aromatic heterocycles. The van der Waals surface area contributed by atoms with Crippen molar-refractivity contribution in [2.24, 2.45) is 0 Å². The van der Waals surface area contributed by atoms with E-state index >= 15 is 0 Å². The number of rotatable bonds is 5. The van der Waals surface area contributed by atoms with Crippen LogP contribution in [0.2, 0.25) is 0 Å². The van der Waals surface area contributed by atoms with Gasteiger partial charge in [0.05, 0.1) is 12.5 Å². The van der Waals surface area contributed by atoms with Crippen LogP contribution in [0.1, 0.15) is 38.0 Å². The van der Waals surface area contributed by atoms with Crippen molar-refractivity contribution in [1.29, 1.82) is 0 Å². The Morgan fingerprint density at radius 3 is 2.90 bits per heavy atom. The van der Waals surface area contributed by atoms with Crippen LogP contribution in [0.4, 0.5) is 0 Å². The van der Waals surface area contributed by atoms with Gasteiger partial charge >= 0.3 is 0 Å². The van der Waals surface area contributed by atoms with Gasteiger partial charge in [-0.15, -0.1) is 0 Å². The summed E-state index contributed by atoms with van der Waals surface area (Å²) in [6.45, 7) is 4.83. The number of nitrogens with one attached hydrogen (secondary N) is 1. The van der Waals surface area contributed by atoms with Gasteiger partial charge in [0, 0.05) is 12.1 Å². The fourth-order valence-electron chi connectivity index (χ4n) is 2.50. The number of piperidine rings is 1. The molecule has 0 unspecified atom stereocenters. The van der Waals surface area contributed by atoms with E-state index in [1.165, 1.54) is 0 Å². The Morgan fingerprint density at radius 1 is 1.33 bits per heavy atom. The van der Waals surface area contributed by atoms with E-state index in [1.807, 2.05) is 24.3 Å². The van der Waals surface area contributed by atoms with E-state index in [9.17, 15) is 0 Å². The zero-order chi connectivity index (χ0) is 14.5.